The molecule has 2 aromatic rings. The summed E-state index contributed by atoms with van der Waals surface area (Å²) in [5, 5.41) is 11.2. The molecule has 0 saturated heterocycles. The smallest absolute Gasteiger partial charge is 0.271 e. The van der Waals surface area contributed by atoms with Crippen molar-refractivity contribution >= 4 is 21.4 Å². The fourth-order valence-corrected chi connectivity index (χ4v) is 3.50. The summed E-state index contributed by atoms with van der Waals surface area (Å²) in [7, 11) is -3.74. The van der Waals surface area contributed by atoms with Crippen molar-refractivity contribution in [3.8, 4) is 0 Å². The van der Waals surface area contributed by atoms with Crippen LogP contribution >= 0.6 is 0 Å². The lowest BCUT2D eigenvalue weighted by Gasteiger charge is -2.23. The number of halogens is 1. The Morgan fingerprint density at radius 3 is 2.34 bits per heavy atom. The van der Waals surface area contributed by atoms with Gasteiger partial charge in [-0.3, -0.25) is 14.9 Å². The highest BCUT2D eigenvalue weighted by Crippen LogP contribution is 2.23. The predicted molar refractivity (Wildman–Crippen MR) is 107 cm³/mol. The van der Waals surface area contributed by atoms with Crippen molar-refractivity contribution in [3.05, 3.63) is 69.5 Å². The molecule has 2 rings (SSSR count). The molecule has 0 aliphatic carbocycles. The number of carbonyl (C=O) groups excluding carboxylic acids is 1. The number of rotatable bonds is 9. The van der Waals surface area contributed by atoms with Gasteiger partial charge < -0.3 is 4.90 Å². The van der Waals surface area contributed by atoms with E-state index in [-0.39, 0.29) is 17.0 Å². The van der Waals surface area contributed by atoms with Crippen molar-refractivity contribution in [2.24, 2.45) is 0 Å². The minimum absolute atomic E-state index is 0.0711. The van der Waals surface area contributed by atoms with Gasteiger partial charge >= 0.3 is 0 Å². The van der Waals surface area contributed by atoms with Crippen LogP contribution in [0.25, 0.3) is 0 Å². The lowest BCUT2D eigenvalue weighted by atomic mass is 10.1. The second kappa shape index (κ2) is 9.60. The Hall–Kier alpha value is -2.81. The topological polar surface area (TPSA) is 97.6 Å². The van der Waals surface area contributed by atoms with E-state index < -0.39 is 32.2 Å². The van der Waals surface area contributed by atoms with Crippen LogP contribution in [-0.2, 0) is 16.4 Å². The number of nitro groups is 1. The number of sulfone groups is 1. The van der Waals surface area contributed by atoms with Gasteiger partial charge in [0.25, 0.3) is 11.6 Å². The molecule has 0 fully saturated rings. The predicted octanol–water partition coefficient (Wildman–Crippen LogP) is 3.97. The Morgan fingerprint density at radius 2 is 1.79 bits per heavy atom. The molecule has 7 nitrogen and oxygen atoms in total. The summed E-state index contributed by atoms with van der Waals surface area (Å²) >= 11 is 0. The first-order valence-corrected chi connectivity index (χ1v) is 11.0. The van der Waals surface area contributed by atoms with Crippen LogP contribution in [0.4, 0.5) is 10.1 Å². The number of carbonyl (C=O) groups is 1. The molecule has 0 bridgehead atoms. The largest absolute Gasteiger partial charge is 0.334 e. The summed E-state index contributed by atoms with van der Waals surface area (Å²) in [4.78, 5) is 24.8. The Kier molecular flexibility index (Phi) is 7.44. The van der Waals surface area contributed by atoms with E-state index in [4.69, 9.17) is 0 Å². The summed E-state index contributed by atoms with van der Waals surface area (Å²) < 4.78 is 37.0. The molecule has 0 N–H and O–H groups in total. The van der Waals surface area contributed by atoms with Crippen molar-refractivity contribution in [1.29, 1.82) is 0 Å². The summed E-state index contributed by atoms with van der Waals surface area (Å²) in [5.41, 5.74) is 0.162. The van der Waals surface area contributed by atoms with Crippen molar-refractivity contribution in [2.75, 3.05) is 12.8 Å². The average molecular weight is 422 g/mol. The number of nitro benzene ring substituents is 1. The fraction of sp³-hybridized carbons (Fsp3) is 0.350. The summed E-state index contributed by atoms with van der Waals surface area (Å²) in [6.07, 6.45) is 3.47. The molecule has 0 aromatic heterocycles. The molecule has 156 valence electrons. The van der Waals surface area contributed by atoms with Gasteiger partial charge in [0.05, 0.1) is 9.82 Å². The standard InChI is InChI=1S/C20H23FN2O5S/c1-3-4-5-10-22(14-15-6-8-17(21)9-7-15)20(24)16-11-18(23(25)26)13-19(12-16)29(2,27)28/h6-9,11-13H,3-5,10,14H2,1-2H3. The van der Waals surface area contributed by atoms with Crippen molar-refractivity contribution < 1.29 is 22.5 Å². The fourth-order valence-electron chi connectivity index (χ4n) is 2.82. The molecule has 0 heterocycles. The number of nitrogens with zero attached hydrogens (tertiary/aromatic N) is 2. The normalized spacial score (nSPS) is 11.3. The quantitative estimate of drug-likeness (QED) is 0.346. The molecule has 0 saturated carbocycles. The van der Waals surface area contributed by atoms with Gasteiger partial charge in [-0.1, -0.05) is 31.9 Å². The lowest BCUT2D eigenvalue weighted by molar-refractivity contribution is -0.385. The van der Waals surface area contributed by atoms with E-state index in [0.717, 1.165) is 43.7 Å². The van der Waals surface area contributed by atoms with E-state index in [0.29, 0.717) is 12.1 Å². The van der Waals surface area contributed by atoms with Crippen molar-refractivity contribution in [1.82, 2.24) is 4.90 Å². The second-order valence-corrected chi connectivity index (χ2v) is 8.82. The number of hydrogen-bond donors (Lipinski definition) is 0. The zero-order chi connectivity index (χ0) is 21.6. The molecule has 29 heavy (non-hydrogen) atoms. The van der Waals surface area contributed by atoms with Crippen LogP contribution in [0.15, 0.2) is 47.4 Å². The van der Waals surface area contributed by atoms with Crippen LogP contribution < -0.4 is 0 Å². The van der Waals surface area contributed by atoms with Crippen LogP contribution in [0.5, 0.6) is 0 Å². The maximum Gasteiger partial charge on any atom is 0.271 e. The van der Waals surface area contributed by atoms with E-state index >= 15 is 0 Å². The van der Waals surface area contributed by atoms with Gasteiger partial charge in [-0.2, -0.15) is 0 Å². The maximum atomic E-state index is 13.2. The first-order valence-electron chi connectivity index (χ1n) is 9.15. The maximum absolute atomic E-state index is 13.2. The SMILES string of the molecule is CCCCCN(Cc1ccc(F)cc1)C(=O)c1cc([N+](=O)[O-])cc(S(C)(=O)=O)c1. The third-order valence-electron chi connectivity index (χ3n) is 4.38. The van der Waals surface area contributed by atoms with E-state index in [1.807, 2.05) is 6.92 Å². The number of hydrogen-bond acceptors (Lipinski definition) is 5. The number of amides is 1. The molecule has 0 aliphatic heterocycles. The Balaban J connectivity index is 2.41. The second-order valence-electron chi connectivity index (χ2n) is 6.81. The van der Waals surface area contributed by atoms with Crippen LogP contribution in [0.2, 0.25) is 0 Å². The monoisotopic (exact) mass is 422 g/mol. The molecule has 0 spiro atoms. The first-order chi connectivity index (χ1) is 13.6. The summed E-state index contributed by atoms with van der Waals surface area (Å²) in [6.45, 7) is 2.59. The molecule has 0 atom stereocenters. The molecule has 9 heteroatoms. The Morgan fingerprint density at radius 1 is 1.14 bits per heavy atom. The summed E-state index contributed by atoms with van der Waals surface area (Å²) in [5.74, 6) is -0.909. The highest BCUT2D eigenvalue weighted by atomic mass is 32.2. The Labute approximate surface area is 169 Å². The van der Waals surface area contributed by atoms with Crippen LogP contribution in [0, 0.1) is 15.9 Å². The highest BCUT2D eigenvalue weighted by Gasteiger charge is 2.22. The van der Waals surface area contributed by atoms with Gasteiger partial charge in [-0.05, 0) is 30.2 Å². The van der Waals surface area contributed by atoms with Gasteiger partial charge in [-0.25, -0.2) is 12.8 Å². The van der Waals surface area contributed by atoms with Gasteiger partial charge in [0.15, 0.2) is 9.84 Å². The molecule has 2 aromatic carbocycles. The molecule has 0 radical (unpaired) electrons. The van der Waals surface area contributed by atoms with Crippen molar-refractivity contribution in [2.45, 2.75) is 37.6 Å². The van der Waals surface area contributed by atoms with Crippen LogP contribution in [0.1, 0.15) is 42.1 Å². The van der Waals surface area contributed by atoms with Crippen molar-refractivity contribution in [3.63, 3.8) is 0 Å². The Bertz CT molecular complexity index is 990. The molecular formula is C20H23FN2O5S. The van der Waals surface area contributed by atoms with Crippen LogP contribution in [-0.4, -0.2) is 36.9 Å². The summed E-state index contributed by atoms with van der Waals surface area (Å²) in [6, 6.07) is 8.87. The first kappa shape index (κ1) is 22.5. The molecule has 0 unspecified atom stereocenters. The lowest BCUT2D eigenvalue weighted by Crippen LogP contribution is -2.31. The van der Waals surface area contributed by atoms with E-state index in [9.17, 15) is 27.7 Å². The third kappa shape index (κ3) is 6.35. The zero-order valence-electron chi connectivity index (χ0n) is 16.3. The van der Waals surface area contributed by atoms with Gasteiger partial charge in [-0.15, -0.1) is 0 Å². The minimum atomic E-state index is -3.74. The average Bonchev–Trinajstić information content (AvgIpc) is 2.67. The van der Waals surface area contributed by atoms with E-state index in [1.165, 1.54) is 17.0 Å². The van der Waals surface area contributed by atoms with Gasteiger partial charge in [0.2, 0.25) is 0 Å². The van der Waals surface area contributed by atoms with E-state index in [1.54, 1.807) is 12.1 Å². The number of benzene rings is 2. The highest BCUT2D eigenvalue weighted by molar-refractivity contribution is 7.90. The molecule has 0 aliphatic rings. The number of non-ortho nitro benzene ring substituents is 1. The number of unbranched alkanes of at least 4 members (excludes halogenated alkanes) is 2. The molecular weight excluding hydrogens is 399 g/mol. The molecule has 1 amide bonds. The van der Waals surface area contributed by atoms with Gasteiger partial charge in [0, 0.05) is 37.0 Å². The van der Waals surface area contributed by atoms with Crippen LogP contribution in [0.3, 0.4) is 0 Å². The van der Waals surface area contributed by atoms with E-state index in [2.05, 4.69) is 0 Å². The van der Waals surface area contributed by atoms with Gasteiger partial charge in [0.1, 0.15) is 5.82 Å². The third-order valence-corrected chi connectivity index (χ3v) is 5.47. The zero-order valence-corrected chi connectivity index (χ0v) is 17.1. The minimum Gasteiger partial charge on any atom is -0.334 e.